The Morgan fingerprint density at radius 1 is 1.15 bits per heavy atom. The smallest absolute Gasteiger partial charge is 0.307 e. The molecular formula is C16H23NO3. The van der Waals surface area contributed by atoms with Crippen LogP contribution in [0.3, 0.4) is 0 Å². The van der Waals surface area contributed by atoms with Crippen molar-refractivity contribution in [1.82, 2.24) is 5.32 Å². The summed E-state index contributed by atoms with van der Waals surface area (Å²) < 4.78 is 4.78. The predicted octanol–water partition coefficient (Wildman–Crippen LogP) is 2.39. The van der Waals surface area contributed by atoms with Crippen LogP contribution >= 0.6 is 0 Å². The Morgan fingerprint density at radius 3 is 2.50 bits per heavy atom. The molecule has 0 unspecified atom stereocenters. The van der Waals surface area contributed by atoms with E-state index in [-0.39, 0.29) is 18.3 Å². The molecular weight excluding hydrogens is 254 g/mol. The third-order valence-electron chi connectivity index (χ3n) is 2.95. The Labute approximate surface area is 120 Å². The van der Waals surface area contributed by atoms with E-state index in [1.54, 1.807) is 6.92 Å². The molecule has 0 heterocycles. The van der Waals surface area contributed by atoms with Gasteiger partial charge in [0.15, 0.2) is 0 Å². The number of nitrogens with one attached hydrogen (secondary N) is 1. The van der Waals surface area contributed by atoms with Crippen molar-refractivity contribution in [1.29, 1.82) is 0 Å². The van der Waals surface area contributed by atoms with Gasteiger partial charge in [-0.2, -0.15) is 0 Å². The number of benzene rings is 1. The minimum absolute atomic E-state index is 0.0126. The van der Waals surface area contributed by atoms with Gasteiger partial charge in [0, 0.05) is 13.0 Å². The fraction of sp³-hybridized carbons (Fsp3) is 0.500. The molecule has 1 aromatic carbocycles. The summed E-state index contributed by atoms with van der Waals surface area (Å²) in [5.41, 5.74) is 2.49. The van der Waals surface area contributed by atoms with Crippen molar-refractivity contribution in [3.8, 4) is 0 Å². The number of ether oxygens (including phenoxy) is 1. The number of carbonyl (C=O) groups excluding carboxylic acids is 2. The molecule has 0 saturated carbocycles. The van der Waals surface area contributed by atoms with Gasteiger partial charge in [-0.05, 0) is 32.3 Å². The summed E-state index contributed by atoms with van der Waals surface area (Å²) in [6, 6.07) is 8.34. The zero-order chi connectivity index (χ0) is 14.8. The van der Waals surface area contributed by atoms with Crippen LogP contribution in [0, 0.1) is 6.92 Å². The Kier molecular flexibility index (Phi) is 7.40. The molecule has 4 heteroatoms. The van der Waals surface area contributed by atoms with E-state index in [4.69, 9.17) is 4.74 Å². The lowest BCUT2D eigenvalue weighted by atomic mass is 10.1. The summed E-state index contributed by atoms with van der Waals surface area (Å²) >= 11 is 0. The average molecular weight is 277 g/mol. The lowest BCUT2D eigenvalue weighted by Crippen LogP contribution is -2.26. The van der Waals surface area contributed by atoms with Crippen LogP contribution in [0.25, 0.3) is 0 Å². The SMILES string of the molecule is CCOC(=O)CCNC(=O)CCCc1ccc(C)cc1. The van der Waals surface area contributed by atoms with Crippen molar-refractivity contribution in [2.24, 2.45) is 0 Å². The predicted molar refractivity (Wildman–Crippen MR) is 78.4 cm³/mol. The summed E-state index contributed by atoms with van der Waals surface area (Å²) in [5, 5.41) is 2.73. The second-order valence-corrected chi connectivity index (χ2v) is 4.74. The number of esters is 1. The van der Waals surface area contributed by atoms with Gasteiger partial charge in [-0.15, -0.1) is 0 Å². The molecule has 0 fully saturated rings. The lowest BCUT2D eigenvalue weighted by molar-refractivity contribution is -0.143. The summed E-state index contributed by atoms with van der Waals surface area (Å²) in [5.74, 6) is -0.283. The highest BCUT2D eigenvalue weighted by atomic mass is 16.5. The van der Waals surface area contributed by atoms with Crippen LogP contribution in [0.15, 0.2) is 24.3 Å². The molecule has 0 aliphatic heterocycles. The highest BCUT2D eigenvalue weighted by molar-refractivity contribution is 5.77. The van der Waals surface area contributed by atoms with E-state index >= 15 is 0 Å². The first-order valence-electron chi connectivity index (χ1n) is 7.09. The lowest BCUT2D eigenvalue weighted by Gasteiger charge is -2.05. The zero-order valence-electron chi connectivity index (χ0n) is 12.3. The van der Waals surface area contributed by atoms with Gasteiger partial charge < -0.3 is 10.1 Å². The fourth-order valence-corrected chi connectivity index (χ4v) is 1.83. The molecule has 1 aromatic rings. The van der Waals surface area contributed by atoms with Gasteiger partial charge in [0.25, 0.3) is 0 Å². The number of hydrogen-bond donors (Lipinski definition) is 1. The Morgan fingerprint density at radius 2 is 1.85 bits per heavy atom. The normalized spacial score (nSPS) is 10.1. The molecule has 1 rings (SSSR count). The number of aryl methyl sites for hydroxylation is 2. The molecule has 0 radical (unpaired) electrons. The maximum atomic E-state index is 11.6. The van der Waals surface area contributed by atoms with Crippen molar-refractivity contribution in [3.63, 3.8) is 0 Å². The molecule has 0 spiro atoms. The minimum atomic E-state index is -0.271. The first-order valence-corrected chi connectivity index (χ1v) is 7.09. The average Bonchev–Trinajstić information content (AvgIpc) is 2.41. The summed E-state index contributed by atoms with van der Waals surface area (Å²) in [7, 11) is 0. The van der Waals surface area contributed by atoms with Crippen molar-refractivity contribution in [3.05, 3.63) is 35.4 Å². The summed E-state index contributed by atoms with van der Waals surface area (Å²) in [6.45, 7) is 4.55. The van der Waals surface area contributed by atoms with Gasteiger partial charge in [-0.25, -0.2) is 0 Å². The van der Waals surface area contributed by atoms with Crippen LogP contribution < -0.4 is 5.32 Å². The molecule has 0 bridgehead atoms. The third-order valence-corrected chi connectivity index (χ3v) is 2.95. The van der Waals surface area contributed by atoms with Gasteiger partial charge in [0.2, 0.25) is 5.91 Å². The molecule has 0 aromatic heterocycles. The second kappa shape index (κ2) is 9.13. The monoisotopic (exact) mass is 277 g/mol. The van der Waals surface area contributed by atoms with Crippen LogP contribution in [0.2, 0.25) is 0 Å². The van der Waals surface area contributed by atoms with Crippen LogP contribution in [0.5, 0.6) is 0 Å². The highest BCUT2D eigenvalue weighted by Gasteiger charge is 2.04. The minimum Gasteiger partial charge on any atom is -0.466 e. The quantitative estimate of drug-likeness (QED) is 0.742. The first kappa shape index (κ1) is 16.2. The van der Waals surface area contributed by atoms with Crippen LogP contribution in [-0.4, -0.2) is 25.0 Å². The largest absolute Gasteiger partial charge is 0.466 e. The second-order valence-electron chi connectivity index (χ2n) is 4.74. The van der Waals surface area contributed by atoms with E-state index < -0.39 is 0 Å². The topological polar surface area (TPSA) is 55.4 Å². The van der Waals surface area contributed by atoms with E-state index in [0.29, 0.717) is 19.6 Å². The van der Waals surface area contributed by atoms with Crippen LogP contribution in [0.4, 0.5) is 0 Å². The number of rotatable bonds is 8. The van der Waals surface area contributed by atoms with E-state index in [2.05, 4.69) is 36.5 Å². The van der Waals surface area contributed by atoms with E-state index in [1.165, 1.54) is 11.1 Å². The van der Waals surface area contributed by atoms with Crippen molar-refractivity contribution >= 4 is 11.9 Å². The maximum absolute atomic E-state index is 11.6. The molecule has 0 aliphatic rings. The number of amides is 1. The van der Waals surface area contributed by atoms with E-state index in [1.807, 2.05) is 0 Å². The third kappa shape index (κ3) is 6.92. The van der Waals surface area contributed by atoms with Crippen LogP contribution in [0.1, 0.15) is 37.3 Å². The Bertz CT molecular complexity index is 426. The van der Waals surface area contributed by atoms with Crippen molar-refractivity contribution < 1.29 is 14.3 Å². The Hall–Kier alpha value is -1.84. The molecule has 0 atom stereocenters. The molecule has 110 valence electrons. The Balaban J connectivity index is 2.11. The van der Waals surface area contributed by atoms with Gasteiger partial charge in [-0.3, -0.25) is 9.59 Å². The number of carbonyl (C=O) groups is 2. The molecule has 0 saturated heterocycles. The molecule has 0 aliphatic carbocycles. The number of hydrogen-bond acceptors (Lipinski definition) is 3. The van der Waals surface area contributed by atoms with Crippen molar-refractivity contribution in [2.75, 3.05) is 13.2 Å². The van der Waals surface area contributed by atoms with Gasteiger partial charge in [0.05, 0.1) is 13.0 Å². The first-order chi connectivity index (χ1) is 9.61. The van der Waals surface area contributed by atoms with E-state index in [9.17, 15) is 9.59 Å². The van der Waals surface area contributed by atoms with E-state index in [0.717, 1.165) is 12.8 Å². The standard InChI is InChI=1S/C16H23NO3/c1-3-20-16(19)11-12-17-15(18)6-4-5-14-9-7-13(2)8-10-14/h7-10H,3-6,11-12H2,1-2H3,(H,17,18). The highest BCUT2D eigenvalue weighted by Crippen LogP contribution is 2.07. The van der Waals surface area contributed by atoms with Crippen LogP contribution in [-0.2, 0) is 20.7 Å². The fourth-order valence-electron chi connectivity index (χ4n) is 1.83. The molecule has 4 nitrogen and oxygen atoms in total. The summed E-state index contributed by atoms with van der Waals surface area (Å²) in [4.78, 5) is 22.6. The van der Waals surface area contributed by atoms with Gasteiger partial charge >= 0.3 is 5.97 Å². The summed E-state index contributed by atoms with van der Waals surface area (Å²) in [6.07, 6.45) is 2.42. The van der Waals surface area contributed by atoms with Crippen molar-refractivity contribution in [2.45, 2.75) is 39.5 Å². The molecule has 1 amide bonds. The van der Waals surface area contributed by atoms with Gasteiger partial charge in [-0.1, -0.05) is 29.8 Å². The van der Waals surface area contributed by atoms with Gasteiger partial charge in [0.1, 0.15) is 0 Å². The molecule has 20 heavy (non-hydrogen) atoms. The zero-order valence-corrected chi connectivity index (χ0v) is 12.3. The molecule has 1 N–H and O–H groups in total. The maximum Gasteiger partial charge on any atom is 0.307 e.